The fraction of sp³-hybridized carbons (Fsp3) is 0.231. The van der Waals surface area contributed by atoms with Crippen LogP contribution in [0.15, 0.2) is 35.8 Å². The first-order chi connectivity index (χ1) is 8.70. The lowest BCUT2D eigenvalue weighted by Crippen LogP contribution is -2.26. The lowest BCUT2D eigenvalue weighted by Gasteiger charge is -2.10. The van der Waals surface area contributed by atoms with Crippen molar-refractivity contribution in [3.05, 3.63) is 35.8 Å². The van der Waals surface area contributed by atoms with Gasteiger partial charge >= 0.3 is 0 Å². The Balaban J connectivity index is 2.06. The van der Waals surface area contributed by atoms with Crippen molar-refractivity contribution in [2.24, 2.45) is 11.7 Å². The molecule has 94 valence electrons. The van der Waals surface area contributed by atoms with Gasteiger partial charge in [-0.05, 0) is 24.3 Å². The molecule has 3 N–H and O–H groups in total. The Morgan fingerprint density at radius 2 is 2.17 bits per heavy atom. The van der Waals surface area contributed by atoms with Crippen LogP contribution in [-0.4, -0.2) is 17.4 Å². The highest BCUT2D eigenvalue weighted by Crippen LogP contribution is 2.23. The fourth-order valence-corrected chi connectivity index (χ4v) is 2.08. The summed E-state index contributed by atoms with van der Waals surface area (Å²) < 4.78 is 0. The lowest BCUT2D eigenvalue weighted by atomic mass is 10.1. The zero-order chi connectivity index (χ0) is 13.0. The molecule has 1 amide bonds. The summed E-state index contributed by atoms with van der Waals surface area (Å²) in [6, 6.07) is 7.64. The second-order valence-electron chi connectivity index (χ2n) is 4.04. The first-order valence-corrected chi connectivity index (χ1v) is 6.59. The Hall–Kier alpha value is -1.72. The molecule has 0 saturated heterocycles. The zero-order valence-electron chi connectivity index (χ0n) is 10.1. The predicted molar refractivity (Wildman–Crippen MR) is 74.4 cm³/mol. The van der Waals surface area contributed by atoms with Crippen LogP contribution in [0, 0.1) is 5.92 Å². The third kappa shape index (κ3) is 2.94. The smallest absolute Gasteiger partial charge is 0.228 e. The first-order valence-electron chi connectivity index (χ1n) is 5.71. The van der Waals surface area contributed by atoms with E-state index >= 15 is 0 Å². The van der Waals surface area contributed by atoms with E-state index in [0.29, 0.717) is 6.54 Å². The number of carbonyl (C=O) groups excluding carboxylic acids is 1. The van der Waals surface area contributed by atoms with Gasteiger partial charge in [0.05, 0.1) is 0 Å². The number of benzene rings is 1. The van der Waals surface area contributed by atoms with Crippen LogP contribution in [0.4, 0.5) is 5.69 Å². The molecule has 5 heteroatoms. The molecule has 1 heterocycles. The number of thiazole rings is 1. The molecule has 4 nitrogen and oxygen atoms in total. The van der Waals surface area contributed by atoms with Gasteiger partial charge in [0.15, 0.2) is 0 Å². The van der Waals surface area contributed by atoms with Crippen molar-refractivity contribution in [3.63, 3.8) is 0 Å². The maximum Gasteiger partial charge on any atom is 0.228 e. The van der Waals surface area contributed by atoms with Gasteiger partial charge < -0.3 is 11.1 Å². The Bertz CT molecular complexity index is 508. The van der Waals surface area contributed by atoms with Crippen LogP contribution in [0.1, 0.15) is 6.92 Å². The van der Waals surface area contributed by atoms with E-state index < -0.39 is 0 Å². The van der Waals surface area contributed by atoms with Gasteiger partial charge in [-0.25, -0.2) is 4.98 Å². The van der Waals surface area contributed by atoms with E-state index in [4.69, 9.17) is 5.73 Å². The van der Waals surface area contributed by atoms with E-state index in [1.54, 1.807) is 24.5 Å². The van der Waals surface area contributed by atoms with Gasteiger partial charge in [-0.2, -0.15) is 0 Å². The second-order valence-corrected chi connectivity index (χ2v) is 4.94. The highest BCUT2D eigenvalue weighted by Gasteiger charge is 2.10. The van der Waals surface area contributed by atoms with Gasteiger partial charge in [-0.3, -0.25) is 4.79 Å². The third-order valence-electron chi connectivity index (χ3n) is 2.63. The van der Waals surface area contributed by atoms with Crippen LogP contribution in [0.25, 0.3) is 10.6 Å². The number of aromatic nitrogens is 1. The van der Waals surface area contributed by atoms with Gasteiger partial charge in [-0.1, -0.05) is 6.92 Å². The van der Waals surface area contributed by atoms with Crippen LogP contribution in [-0.2, 0) is 4.79 Å². The SMILES string of the molecule is CC(CN)C(=O)Nc1ccc(-c2nccs2)cc1. The standard InChI is InChI=1S/C13H15N3OS/c1-9(8-14)12(17)16-11-4-2-10(3-5-11)13-15-6-7-18-13/h2-7,9H,8,14H2,1H3,(H,16,17). The summed E-state index contributed by atoms with van der Waals surface area (Å²) in [6.45, 7) is 2.16. The minimum atomic E-state index is -0.177. The molecular formula is C13H15N3OS. The maximum absolute atomic E-state index is 11.7. The fourth-order valence-electron chi connectivity index (χ4n) is 1.43. The highest BCUT2D eigenvalue weighted by atomic mass is 32.1. The Labute approximate surface area is 110 Å². The molecular weight excluding hydrogens is 246 g/mol. The average molecular weight is 261 g/mol. The van der Waals surface area contributed by atoms with E-state index in [1.807, 2.05) is 29.6 Å². The summed E-state index contributed by atoms with van der Waals surface area (Å²) in [6.07, 6.45) is 1.78. The van der Waals surface area contributed by atoms with E-state index in [9.17, 15) is 4.79 Å². The van der Waals surface area contributed by atoms with Crippen molar-refractivity contribution in [3.8, 4) is 10.6 Å². The summed E-state index contributed by atoms with van der Waals surface area (Å²) in [5.41, 5.74) is 7.28. The van der Waals surface area contributed by atoms with Crippen LogP contribution in [0.3, 0.4) is 0 Å². The quantitative estimate of drug-likeness (QED) is 0.887. The molecule has 0 bridgehead atoms. The van der Waals surface area contributed by atoms with Crippen molar-refractivity contribution < 1.29 is 4.79 Å². The number of nitrogens with one attached hydrogen (secondary N) is 1. The topological polar surface area (TPSA) is 68.0 Å². The highest BCUT2D eigenvalue weighted by molar-refractivity contribution is 7.13. The Kier molecular flexibility index (Phi) is 4.07. The zero-order valence-corrected chi connectivity index (χ0v) is 10.9. The Morgan fingerprint density at radius 3 is 2.72 bits per heavy atom. The van der Waals surface area contributed by atoms with E-state index in [-0.39, 0.29) is 11.8 Å². The minimum Gasteiger partial charge on any atom is -0.330 e. The molecule has 1 unspecified atom stereocenters. The van der Waals surface area contributed by atoms with E-state index in [0.717, 1.165) is 16.3 Å². The van der Waals surface area contributed by atoms with Crippen molar-refractivity contribution >= 4 is 22.9 Å². The summed E-state index contributed by atoms with van der Waals surface area (Å²) in [5, 5.41) is 5.74. The van der Waals surface area contributed by atoms with Gasteiger partial charge in [0.2, 0.25) is 5.91 Å². The Morgan fingerprint density at radius 1 is 1.44 bits per heavy atom. The predicted octanol–water partition coefficient (Wildman–Crippen LogP) is 2.34. The maximum atomic E-state index is 11.7. The van der Waals surface area contributed by atoms with Crippen LogP contribution < -0.4 is 11.1 Å². The average Bonchev–Trinajstić information content (AvgIpc) is 2.92. The van der Waals surface area contributed by atoms with Crippen molar-refractivity contribution in [1.29, 1.82) is 0 Å². The van der Waals surface area contributed by atoms with Gasteiger partial charge in [0.1, 0.15) is 5.01 Å². The van der Waals surface area contributed by atoms with Crippen LogP contribution in [0.2, 0.25) is 0 Å². The normalized spacial score (nSPS) is 12.1. The van der Waals surface area contributed by atoms with Gasteiger partial charge in [0.25, 0.3) is 0 Å². The van der Waals surface area contributed by atoms with Crippen LogP contribution >= 0.6 is 11.3 Å². The minimum absolute atomic E-state index is 0.0560. The van der Waals surface area contributed by atoms with E-state index in [2.05, 4.69) is 10.3 Å². The number of hydrogen-bond acceptors (Lipinski definition) is 4. The molecule has 18 heavy (non-hydrogen) atoms. The molecule has 0 saturated carbocycles. The number of carbonyl (C=O) groups is 1. The molecule has 0 spiro atoms. The molecule has 0 aliphatic rings. The number of anilines is 1. The first kappa shape index (κ1) is 12.7. The van der Waals surface area contributed by atoms with Gasteiger partial charge in [-0.15, -0.1) is 11.3 Å². The summed E-state index contributed by atoms with van der Waals surface area (Å²) in [4.78, 5) is 15.9. The molecule has 2 aromatic rings. The largest absolute Gasteiger partial charge is 0.330 e. The monoisotopic (exact) mass is 261 g/mol. The molecule has 0 aliphatic heterocycles. The molecule has 0 fully saturated rings. The molecule has 2 rings (SSSR count). The second kappa shape index (κ2) is 5.75. The number of nitrogens with zero attached hydrogens (tertiary/aromatic N) is 1. The summed E-state index contributed by atoms with van der Waals surface area (Å²) in [7, 11) is 0. The van der Waals surface area contributed by atoms with Gasteiger partial charge in [0, 0.05) is 35.3 Å². The number of amides is 1. The van der Waals surface area contributed by atoms with Crippen molar-refractivity contribution in [1.82, 2.24) is 4.98 Å². The van der Waals surface area contributed by atoms with E-state index in [1.165, 1.54) is 0 Å². The molecule has 0 radical (unpaired) electrons. The summed E-state index contributed by atoms with van der Waals surface area (Å²) >= 11 is 1.59. The molecule has 1 aromatic heterocycles. The van der Waals surface area contributed by atoms with Crippen LogP contribution in [0.5, 0.6) is 0 Å². The van der Waals surface area contributed by atoms with Crippen molar-refractivity contribution in [2.45, 2.75) is 6.92 Å². The number of rotatable bonds is 4. The molecule has 1 atom stereocenters. The molecule has 0 aliphatic carbocycles. The third-order valence-corrected chi connectivity index (χ3v) is 3.46. The van der Waals surface area contributed by atoms with Crippen molar-refractivity contribution in [2.75, 3.05) is 11.9 Å². The number of hydrogen-bond donors (Lipinski definition) is 2. The summed E-state index contributed by atoms with van der Waals surface area (Å²) in [5.74, 6) is -0.233. The number of nitrogens with two attached hydrogens (primary N) is 1. The lowest BCUT2D eigenvalue weighted by molar-refractivity contribution is -0.119. The molecule has 1 aromatic carbocycles.